The molecule has 1 amide bonds. The van der Waals surface area contributed by atoms with Crippen LogP contribution in [0.15, 0.2) is 35.2 Å². The van der Waals surface area contributed by atoms with Gasteiger partial charge in [-0.05, 0) is 30.9 Å². The number of hydrogen-bond donors (Lipinski definition) is 1. The van der Waals surface area contributed by atoms with Crippen LogP contribution in [0.25, 0.3) is 11.3 Å². The van der Waals surface area contributed by atoms with Crippen molar-refractivity contribution < 1.29 is 9.90 Å². The molecule has 0 saturated carbocycles. The average molecular weight is 302 g/mol. The number of aromatic nitrogens is 1. The number of hydrogen-bond acceptors (Lipinski definition) is 4. The van der Waals surface area contributed by atoms with Crippen molar-refractivity contribution in [2.24, 2.45) is 5.92 Å². The van der Waals surface area contributed by atoms with Crippen LogP contribution >= 0.6 is 11.3 Å². The third-order valence-corrected chi connectivity index (χ3v) is 4.51. The zero-order valence-electron chi connectivity index (χ0n) is 11.7. The van der Waals surface area contributed by atoms with E-state index in [1.54, 1.807) is 16.8 Å². The number of rotatable bonds is 3. The molecule has 0 aliphatic carbocycles. The Morgan fingerprint density at radius 2 is 2.19 bits per heavy atom. The zero-order valence-corrected chi connectivity index (χ0v) is 12.6. The van der Waals surface area contributed by atoms with Gasteiger partial charge in [0.1, 0.15) is 0 Å². The van der Waals surface area contributed by atoms with Crippen LogP contribution in [0.5, 0.6) is 0 Å². The number of likely N-dealkylation sites (tertiary alicyclic amines) is 1. The van der Waals surface area contributed by atoms with Crippen LogP contribution in [0, 0.1) is 5.92 Å². The molecule has 21 heavy (non-hydrogen) atoms. The molecule has 4 nitrogen and oxygen atoms in total. The molecule has 0 bridgehead atoms. The van der Waals surface area contributed by atoms with Crippen LogP contribution in [-0.2, 0) is 0 Å². The fourth-order valence-electron chi connectivity index (χ4n) is 2.72. The summed E-state index contributed by atoms with van der Waals surface area (Å²) in [5.74, 6) is 0.273. The quantitative estimate of drug-likeness (QED) is 0.948. The van der Waals surface area contributed by atoms with Gasteiger partial charge in [0.15, 0.2) is 0 Å². The Bertz CT molecular complexity index is 595. The van der Waals surface area contributed by atoms with Gasteiger partial charge in [0.05, 0.1) is 11.2 Å². The Labute approximate surface area is 128 Å². The van der Waals surface area contributed by atoms with Crippen molar-refractivity contribution in [3.05, 3.63) is 40.7 Å². The van der Waals surface area contributed by atoms with E-state index in [-0.39, 0.29) is 18.4 Å². The second kappa shape index (κ2) is 6.37. The van der Waals surface area contributed by atoms with E-state index in [2.05, 4.69) is 4.98 Å². The van der Waals surface area contributed by atoms with Crippen molar-refractivity contribution in [2.45, 2.75) is 12.8 Å². The summed E-state index contributed by atoms with van der Waals surface area (Å²) < 4.78 is 0. The number of carbonyl (C=O) groups excluding carboxylic acids is 1. The average Bonchev–Trinajstić information content (AvgIpc) is 3.09. The molecular weight excluding hydrogens is 284 g/mol. The van der Waals surface area contributed by atoms with E-state index in [1.807, 2.05) is 34.5 Å². The van der Waals surface area contributed by atoms with Gasteiger partial charge < -0.3 is 10.0 Å². The molecule has 2 aromatic rings. The Hall–Kier alpha value is -1.72. The zero-order chi connectivity index (χ0) is 14.7. The molecule has 1 saturated heterocycles. The van der Waals surface area contributed by atoms with Crippen molar-refractivity contribution in [2.75, 3.05) is 19.7 Å². The first-order valence-corrected chi connectivity index (χ1v) is 8.11. The van der Waals surface area contributed by atoms with Crippen LogP contribution in [0.2, 0.25) is 0 Å². The fourth-order valence-corrected chi connectivity index (χ4v) is 3.28. The van der Waals surface area contributed by atoms with E-state index in [4.69, 9.17) is 0 Å². The number of thiazole rings is 1. The standard InChI is InChI=1S/C16H18N2O2S/c19-9-12-2-1-7-18(8-12)16(20)14-5-3-13(4-6-14)15-10-21-11-17-15/h3-6,10-12,19H,1-2,7-9H2. The monoisotopic (exact) mass is 302 g/mol. The van der Waals surface area contributed by atoms with Gasteiger partial charge in [-0.15, -0.1) is 11.3 Å². The van der Waals surface area contributed by atoms with E-state index in [0.717, 1.165) is 30.6 Å². The first-order valence-electron chi connectivity index (χ1n) is 7.16. The maximum atomic E-state index is 12.5. The largest absolute Gasteiger partial charge is 0.396 e. The highest BCUT2D eigenvalue weighted by Crippen LogP contribution is 2.22. The van der Waals surface area contributed by atoms with Gasteiger partial charge >= 0.3 is 0 Å². The van der Waals surface area contributed by atoms with Crippen LogP contribution in [-0.4, -0.2) is 40.6 Å². The van der Waals surface area contributed by atoms with Crippen molar-refractivity contribution in [1.29, 1.82) is 0 Å². The minimum Gasteiger partial charge on any atom is -0.396 e. The van der Waals surface area contributed by atoms with E-state index < -0.39 is 0 Å². The molecule has 5 heteroatoms. The minimum absolute atomic E-state index is 0.0537. The van der Waals surface area contributed by atoms with Crippen LogP contribution in [0.4, 0.5) is 0 Å². The first-order chi connectivity index (χ1) is 10.3. The molecule has 110 valence electrons. The highest BCUT2D eigenvalue weighted by Gasteiger charge is 2.23. The van der Waals surface area contributed by atoms with E-state index in [0.29, 0.717) is 12.1 Å². The summed E-state index contributed by atoms with van der Waals surface area (Å²) in [6.45, 7) is 1.60. The highest BCUT2D eigenvalue weighted by molar-refractivity contribution is 7.07. The van der Waals surface area contributed by atoms with Gasteiger partial charge in [-0.25, -0.2) is 4.98 Å². The molecule has 1 aromatic heterocycles. The maximum Gasteiger partial charge on any atom is 0.253 e. The lowest BCUT2D eigenvalue weighted by Gasteiger charge is -2.31. The molecular formula is C16H18N2O2S. The molecule has 1 atom stereocenters. The van der Waals surface area contributed by atoms with Crippen molar-refractivity contribution >= 4 is 17.2 Å². The van der Waals surface area contributed by atoms with Gasteiger partial charge in [-0.3, -0.25) is 4.79 Å². The third kappa shape index (κ3) is 3.14. The van der Waals surface area contributed by atoms with Crippen LogP contribution in [0.3, 0.4) is 0 Å². The van der Waals surface area contributed by atoms with Crippen molar-refractivity contribution in [3.63, 3.8) is 0 Å². The van der Waals surface area contributed by atoms with Crippen molar-refractivity contribution in [3.8, 4) is 11.3 Å². The molecule has 1 aromatic carbocycles. The lowest BCUT2D eigenvalue weighted by Crippen LogP contribution is -2.40. The number of nitrogens with zero attached hydrogens (tertiary/aromatic N) is 2. The summed E-state index contributed by atoms with van der Waals surface area (Å²) in [7, 11) is 0. The summed E-state index contributed by atoms with van der Waals surface area (Å²) in [5.41, 5.74) is 4.47. The molecule has 1 N–H and O–H groups in total. The molecule has 1 fully saturated rings. The molecule has 3 rings (SSSR count). The Morgan fingerprint density at radius 1 is 1.38 bits per heavy atom. The van der Waals surface area contributed by atoms with Gasteiger partial charge in [0.2, 0.25) is 0 Å². The number of aliphatic hydroxyl groups is 1. The molecule has 0 spiro atoms. The predicted octanol–water partition coefficient (Wildman–Crippen LogP) is 2.65. The number of aliphatic hydroxyl groups excluding tert-OH is 1. The number of carbonyl (C=O) groups is 1. The van der Waals surface area contributed by atoms with E-state index in [1.165, 1.54) is 0 Å². The molecule has 1 aliphatic rings. The Kier molecular flexibility index (Phi) is 4.31. The predicted molar refractivity (Wildman–Crippen MR) is 83.3 cm³/mol. The Morgan fingerprint density at radius 3 is 2.86 bits per heavy atom. The second-order valence-corrected chi connectivity index (χ2v) is 6.11. The smallest absolute Gasteiger partial charge is 0.253 e. The van der Waals surface area contributed by atoms with Crippen molar-refractivity contribution in [1.82, 2.24) is 9.88 Å². The normalized spacial score (nSPS) is 18.7. The fraction of sp³-hybridized carbons (Fsp3) is 0.375. The topological polar surface area (TPSA) is 53.4 Å². The Balaban J connectivity index is 1.73. The molecule has 1 unspecified atom stereocenters. The molecule has 2 heterocycles. The van der Waals surface area contributed by atoms with E-state index in [9.17, 15) is 9.90 Å². The highest BCUT2D eigenvalue weighted by atomic mass is 32.1. The van der Waals surface area contributed by atoms with E-state index >= 15 is 0 Å². The number of piperidine rings is 1. The summed E-state index contributed by atoms with van der Waals surface area (Å²) >= 11 is 1.56. The first kappa shape index (κ1) is 14.2. The third-order valence-electron chi connectivity index (χ3n) is 3.92. The summed E-state index contributed by atoms with van der Waals surface area (Å²) in [6, 6.07) is 7.60. The second-order valence-electron chi connectivity index (χ2n) is 5.39. The summed E-state index contributed by atoms with van der Waals surface area (Å²) in [6.07, 6.45) is 1.97. The lowest BCUT2D eigenvalue weighted by atomic mass is 9.98. The van der Waals surface area contributed by atoms with Gasteiger partial charge in [0, 0.05) is 36.2 Å². The number of benzene rings is 1. The van der Waals surface area contributed by atoms with Gasteiger partial charge in [0.25, 0.3) is 5.91 Å². The summed E-state index contributed by atoms with van der Waals surface area (Å²) in [4.78, 5) is 18.6. The van der Waals surface area contributed by atoms with Gasteiger partial charge in [-0.2, -0.15) is 0 Å². The number of amides is 1. The minimum atomic E-state index is 0.0537. The lowest BCUT2D eigenvalue weighted by molar-refractivity contribution is 0.0621. The molecule has 0 radical (unpaired) electrons. The van der Waals surface area contributed by atoms with Gasteiger partial charge in [-0.1, -0.05) is 12.1 Å². The SMILES string of the molecule is O=C(c1ccc(-c2cscn2)cc1)N1CCCC(CO)C1. The maximum absolute atomic E-state index is 12.5. The summed E-state index contributed by atoms with van der Waals surface area (Å²) in [5, 5.41) is 11.3. The van der Waals surface area contributed by atoms with Crippen LogP contribution < -0.4 is 0 Å². The molecule has 1 aliphatic heterocycles. The van der Waals surface area contributed by atoms with Crippen LogP contribution in [0.1, 0.15) is 23.2 Å².